The van der Waals surface area contributed by atoms with Gasteiger partial charge in [-0.15, -0.1) is 0 Å². The Balaban J connectivity index is 1.99. The number of amides is 2. The van der Waals surface area contributed by atoms with Crippen molar-refractivity contribution in [2.24, 2.45) is 0 Å². The molecular weight excluding hydrogens is 332 g/mol. The summed E-state index contributed by atoms with van der Waals surface area (Å²) in [5.41, 5.74) is 3.88. The standard InChI is InChI=1S/C24H26N2O/c1-24(2,3)21-16-10-11-17-22(21)26(18-19-12-6-4-7-13-19)23(27)25-20-14-8-5-9-15-20/h4-17H,18H2,1-3H3,(H,25,27). The Bertz CT molecular complexity index is 883. The van der Waals surface area contributed by atoms with E-state index in [0.717, 1.165) is 22.5 Å². The van der Waals surface area contributed by atoms with Crippen molar-refractivity contribution in [1.82, 2.24) is 0 Å². The van der Waals surface area contributed by atoms with Gasteiger partial charge in [-0.1, -0.05) is 87.5 Å². The number of benzene rings is 3. The van der Waals surface area contributed by atoms with Crippen LogP contribution < -0.4 is 10.2 Å². The van der Waals surface area contributed by atoms with E-state index < -0.39 is 0 Å². The number of rotatable bonds is 4. The number of nitrogens with zero attached hydrogens (tertiary/aromatic N) is 1. The topological polar surface area (TPSA) is 32.3 Å². The van der Waals surface area contributed by atoms with E-state index in [4.69, 9.17) is 0 Å². The van der Waals surface area contributed by atoms with E-state index in [-0.39, 0.29) is 11.4 Å². The second-order valence-corrected chi connectivity index (χ2v) is 7.64. The van der Waals surface area contributed by atoms with Crippen LogP contribution in [0.2, 0.25) is 0 Å². The van der Waals surface area contributed by atoms with Gasteiger partial charge >= 0.3 is 6.03 Å². The van der Waals surface area contributed by atoms with Crippen molar-refractivity contribution in [2.45, 2.75) is 32.7 Å². The van der Waals surface area contributed by atoms with Gasteiger partial charge in [0.15, 0.2) is 0 Å². The molecule has 0 aliphatic rings. The fourth-order valence-electron chi connectivity index (χ4n) is 3.09. The second kappa shape index (κ2) is 8.09. The monoisotopic (exact) mass is 358 g/mol. The third-order valence-electron chi connectivity index (χ3n) is 4.46. The zero-order valence-electron chi connectivity index (χ0n) is 16.1. The van der Waals surface area contributed by atoms with Crippen LogP contribution in [-0.2, 0) is 12.0 Å². The summed E-state index contributed by atoms with van der Waals surface area (Å²) in [5, 5.41) is 3.03. The first-order chi connectivity index (χ1) is 12.9. The summed E-state index contributed by atoms with van der Waals surface area (Å²) in [5.74, 6) is 0. The van der Waals surface area contributed by atoms with Gasteiger partial charge in [0.1, 0.15) is 0 Å². The van der Waals surface area contributed by atoms with Crippen LogP contribution in [0, 0.1) is 0 Å². The van der Waals surface area contributed by atoms with Crippen LogP contribution in [0.25, 0.3) is 0 Å². The number of urea groups is 1. The molecule has 1 N–H and O–H groups in total. The fraction of sp³-hybridized carbons (Fsp3) is 0.208. The van der Waals surface area contributed by atoms with Gasteiger partial charge in [-0.2, -0.15) is 0 Å². The summed E-state index contributed by atoms with van der Waals surface area (Å²) < 4.78 is 0. The minimum atomic E-state index is -0.137. The molecule has 0 spiro atoms. The van der Waals surface area contributed by atoms with Crippen molar-refractivity contribution in [1.29, 1.82) is 0 Å². The van der Waals surface area contributed by atoms with Crippen LogP contribution in [0.15, 0.2) is 84.9 Å². The zero-order valence-corrected chi connectivity index (χ0v) is 16.1. The molecule has 0 aliphatic heterocycles. The molecule has 0 unspecified atom stereocenters. The van der Waals surface area contributed by atoms with Gasteiger partial charge in [0, 0.05) is 11.4 Å². The van der Waals surface area contributed by atoms with Crippen molar-refractivity contribution < 1.29 is 4.79 Å². The summed E-state index contributed by atoms with van der Waals surface area (Å²) in [4.78, 5) is 15.0. The average molecular weight is 358 g/mol. The molecule has 0 aromatic heterocycles. The molecule has 27 heavy (non-hydrogen) atoms. The smallest absolute Gasteiger partial charge is 0.308 e. The molecule has 0 bridgehead atoms. The van der Waals surface area contributed by atoms with E-state index in [1.807, 2.05) is 83.8 Å². The van der Waals surface area contributed by atoms with Crippen LogP contribution in [0.4, 0.5) is 16.2 Å². The molecule has 3 nitrogen and oxygen atoms in total. The maximum Gasteiger partial charge on any atom is 0.326 e. The predicted molar refractivity (Wildman–Crippen MR) is 113 cm³/mol. The molecule has 0 fully saturated rings. The largest absolute Gasteiger partial charge is 0.326 e. The number of nitrogens with one attached hydrogen (secondary N) is 1. The summed E-state index contributed by atoms with van der Waals surface area (Å²) in [7, 11) is 0. The average Bonchev–Trinajstić information content (AvgIpc) is 2.67. The number of carbonyl (C=O) groups excluding carboxylic acids is 1. The highest BCUT2D eigenvalue weighted by atomic mass is 16.2. The second-order valence-electron chi connectivity index (χ2n) is 7.64. The Labute approximate surface area is 161 Å². The van der Waals surface area contributed by atoms with E-state index in [9.17, 15) is 4.79 Å². The first kappa shape index (κ1) is 18.7. The van der Waals surface area contributed by atoms with Crippen molar-refractivity contribution in [3.63, 3.8) is 0 Å². The summed E-state index contributed by atoms with van der Waals surface area (Å²) in [6, 6.07) is 27.6. The minimum Gasteiger partial charge on any atom is -0.308 e. The number of hydrogen-bond acceptors (Lipinski definition) is 1. The molecule has 3 heteroatoms. The van der Waals surface area contributed by atoms with Crippen molar-refractivity contribution in [3.05, 3.63) is 96.1 Å². The number of para-hydroxylation sites is 2. The van der Waals surface area contributed by atoms with Gasteiger partial charge < -0.3 is 5.32 Å². The highest BCUT2D eigenvalue weighted by molar-refractivity contribution is 6.02. The number of hydrogen-bond donors (Lipinski definition) is 1. The lowest BCUT2D eigenvalue weighted by Crippen LogP contribution is -2.36. The molecule has 3 aromatic rings. The van der Waals surface area contributed by atoms with Gasteiger partial charge in [0.05, 0.1) is 6.54 Å². The van der Waals surface area contributed by atoms with E-state index in [1.54, 1.807) is 0 Å². The summed E-state index contributed by atoms with van der Waals surface area (Å²) in [6.07, 6.45) is 0. The third-order valence-corrected chi connectivity index (χ3v) is 4.46. The third kappa shape index (κ3) is 4.76. The van der Waals surface area contributed by atoms with Gasteiger partial charge in [0.2, 0.25) is 0 Å². The fourth-order valence-corrected chi connectivity index (χ4v) is 3.09. The lowest BCUT2D eigenvalue weighted by atomic mass is 9.85. The van der Waals surface area contributed by atoms with Crippen LogP contribution in [0.3, 0.4) is 0 Å². The van der Waals surface area contributed by atoms with E-state index in [1.165, 1.54) is 0 Å². The Morgan fingerprint density at radius 1 is 0.815 bits per heavy atom. The van der Waals surface area contributed by atoms with E-state index in [2.05, 4.69) is 32.2 Å². The lowest BCUT2D eigenvalue weighted by molar-refractivity contribution is 0.256. The van der Waals surface area contributed by atoms with Gasteiger partial charge in [-0.25, -0.2) is 4.79 Å². The summed E-state index contributed by atoms with van der Waals surface area (Å²) >= 11 is 0. The molecule has 0 atom stereocenters. The van der Waals surface area contributed by atoms with Crippen molar-refractivity contribution in [3.8, 4) is 0 Å². The Hall–Kier alpha value is -3.07. The predicted octanol–water partition coefficient (Wildman–Crippen LogP) is 6.22. The molecular formula is C24H26N2O. The summed E-state index contributed by atoms with van der Waals surface area (Å²) in [6.45, 7) is 7.01. The van der Waals surface area contributed by atoms with E-state index >= 15 is 0 Å². The first-order valence-corrected chi connectivity index (χ1v) is 9.22. The maximum absolute atomic E-state index is 13.2. The zero-order chi connectivity index (χ0) is 19.3. The SMILES string of the molecule is CC(C)(C)c1ccccc1N(Cc1ccccc1)C(=O)Nc1ccccc1. The molecule has 138 valence electrons. The molecule has 0 aliphatic carbocycles. The van der Waals surface area contributed by atoms with E-state index in [0.29, 0.717) is 6.54 Å². The molecule has 2 amide bonds. The normalized spacial score (nSPS) is 11.1. The Kier molecular flexibility index (Phi) is 5.60. The lowest BCUT2D eigenvalue weighted by Gasteiger charge is -2.30. The Morgan fingerprint density at radius 2 is 1.37 bits per heavy atom. The Morgan fingerprint density at radius 3 is 2.00 bits per heavy atom. The highest BCUT2D eigenvalue weighted by Crippen LogP contribution is 2.33. The van der Waals surface area contributed by atoms with Crippen LogP contribution >= 0.6 is 0 Å². The van der Waals surface area contributed by atoms with Crippen molar-refractivity contribution >= 4 is 17.4 Å². The molecule has 0 radical (unpaired) electrons. The minimum absolute atomic E-state index is 0.0709. The van der Waals surface area contributed by atoms with Gasteiger partial charge in [-0.3, -0.25) is 4.90 Å². The van der Waals surface area contributed by atoms with Crippen LogP contribution in [0.5, 0.6) is 0 Å². The number of carbonyl (C=O) groups is 1. The quantitative estimate of drug-likeness (QED) is 0.590. The van der Waals surface area contributed by atoms with Gasteiger partial charge in [-0.05, 0) is 34.7 Å². The molecule has 0 heterocycles. The van der Waals surface area contributed by atoms with Gasteiger partial charge in [0.25, 0.3) is 0 Å². The van der Waals surface area contributed by atoms with Crippen LogP contribution in [-0.4, -0.2) is 6.03 Å². The molecule has 3 rings (SSSR count). The molecule has 3 aromatic carbocycles. The number of anilines is 2. The highest BCUT2D eigenvalue weighted by Gasteiger charge is 2.24. The first-order valence-electron chi connectivity index (χ1n) is 9.22. The van der Waals surface area contributed by atoms with Crippen LogP contribution in [0.1, 0.15) is 31.9 Å². The molecule has 0 saturated carbocycles. The van der Waals surface area contributed by atoms with Crippen molar-refractivity contribution in [2.75, 3.05) is 10.2 Å². The molecule has 0 saturated heterocycles. The maximum atomic E-state index is 13.2.